The van der Waals surface area contributed by atoms with E-state index < -0.39 is 5.97 Å². The van der Waals surface area contributed by atoms with Gasteiger partial charge in [0.15, 0.2) is 11.5 Å². The first-order valence-corrected chi connectivity index (χ1v) is 15.1. The van der Waals surface area contributed by atoms with Crippen LogP contribution in [0.2, 0.25) is 0 Å². The summed E-state index contributed by atoms with van der Waals surface area (Å²) in [7, 11) is 0. The highest BCUT2D eigenvalue weighted by Crippen LogP contribution is 2.37. The zero-order valence-electron chi connectivity index (χ0n) is 26.3. The standard InChI is InChI=1S/C36H43N3O5/c1-7-21-41-24-28(42-22-8-2)25-43-33-23-27(38(9-3)10-4)18-19-32(33)44-36(40)30-16-14-20-37-35(30)34-26(6)39(11-5)31-17-13-12-15-29(31)34/h7-8,12-20,23,28H,1-2,9-11,21-22,24-25H2,3-6H3. The second kappa shape index (κ2) is 15.9. The summed E-state index contributed by atoms with van der Waals surface area (Å²) in [6, 6.07) is 17.3. The number of pyridine rings is 1. The second-order valence-electron chi connectivity index (χ2n) is 10.2. The Bertz CT molecular complexity index is 1570. The van der Waals surface area contributed by atoms with E-state index in [1.165, 1.54) is 0 Å². The van der Waals surface area contributed by atoms with Crippen LogP contribution in [-0.2, 0) is 16.0 Å². The van der Waals surface area contributed by atoms with Crippen molar-refractivity contribution in [3.63, 3.8) is 0 Å². The Labute approximate surface area is 260 Å². The fraction of sp³-hybridized carbons (Fsp3) is 0.333. The second-order valence-corrected chi connectivity index (χ2v) is 10.2. The van der Waals surface area contributed by atoms with Crippen LogP contribution in [0.5, 0.6) is 11.5 Å². The molecule has 44 heavy (non-hydrogen) atoms. The van der Waals surface area contributed by atoms with Gasteiger partial charge >= 0.3 is 5.97 Å². The number of carbonyl (C=O) groups is 1. The number of hydrogen-bond acceptors (Lipinski definition) is 7. The van der Waals surface area contributed by atoms with E-state index >= 15 is 0 Å². The SMILES string of the molecule is C=CCOCC(COc1cc(N(CC)CC)ccc1OC(=O)c1cccnc1-c1c(C)n(CC)c2ccccc12)OCC=C. The molecule has 8 heteroatoms. The van der Waals surface area contributed by atoms with Gasteiger partial charge in [0.2, 0.25) is 0 Å². The molecule has 0 saturated carbocycles. The van der Waals surface area contributed by atoms with Crippen LogP contribution < -0.4 is 14.4 Å². The van der Waals surface area contributed by atoms with Crippen LogP contribution >= 0.6 is 0 Å². The van der Waals surface area contributed by atoms with Crippen molar-refractivity contribution in [2.75, 3.05) is 44.4 Å². The minimum absolute atomic E-state index is 0.186. The molecule has 2 aromatic heterocycles. The van der Waals surface area contributed by atoms with Crippen LogP contribution in [-0.4, -0.2) is 61.1 Å². The van der Waals surface area contributed by atoms with Gasteiger partial charge in [0.1, 0.15) is 12.7 Å². The fourth-order valence-corrected chi connectivity index (χ4v) is 5.35. The van der Waals surface area contributed by atoms with Gasteiger partial charge in [-0.05, 0) is 58.0 Å². The largest absolute Gasteiger partial charge is 0.487 e. The number of rotatable bonds is 17. The minimum atomic E-state index is -0.518. The Morgan fingerprint density at radius 3 is 2.48 bits per heavy atom. The number of hydrogen-bond donors (Lipinski definition) is 0. The summed E-state index contributed by atoms with van der Waals surface area (Å²) in [5, 5.41) is 1.04. The van der Waals surface area contributed by atoms with Gasteiger partial charge in [0.05, 0.1) is 31.1 Å². The summed E-state index contributed by atoms with van der Waals surface area (Å²) >= 11 is 0. The summed E-state index contributed by atoms with van der Waals surface area (Å²) in [6.07, 6.45) is 4.71. The van der Waals surface area contributed by atoms with Crippen LogP contribution in [0.15, 0.2) is 86.1 Å². The number of anilines is 1. The van der Waals surface area contributed by atoms with E-state index in [1.807, 2.05) is 24.3 Å². The molecule has 4 rings (SSSR count). The van der Waals surface area contributed by atoms with E-state index in [0.717, 1.165) is 47.5 Å². The first-order chi connectivity index (χ1) is 21.5. The van der Waals surface area contributed by atoms with E-state index in [2.05, 4.69) is 67.4 Å². The third-order valence-electron chi connectivity index (χ3n) is 7.48. The molecule has 0 aliphatic rings. The lowest BCUT2D eigenvalue weighted by molar-refractivity contribution is -0.0217. The number of nitrogens with zero attached hydrogens (tertiary/aromatic N) is 3. The van der Waals surface area contributed by atoms with Gasteiger partial charge in [0, 0.05) is 59.7 Å². The molecule has 0 aliphatic carbocycles. The highest BCUT2D eigenvalue weighted by molar-refractivity contribution is 6.04. The van der Waals surface area contributed by atoms with Gasteiger partial charge in [-0.3, -0.25) is 4.98 Å². The average molecular weight is 598 g/mol. The molecule has 0 amide bonds. The third-order valence-corrected chi connectivity index (χ3v) is 7.48. The predicted molar refractivity (Wildman–Crippen MR) is 177 cm³/mol. The van der Waals surface area contributed by atoms with Gasteiger partial charge < -0.3 is 28.4 Å². The predicted octanol–water partition coefficient (Wildman–Crippen LogP) is 7.25. The fourth-order valence-electron chi connectivity index (χ4n) is 5.35. The summed E-state index contributed by atoms with van der Waals surface area (Å²) in [6.45, 7) is 19.5. The number of fused-ring (bicyclic) bond motifs is 1. The van der Waals surface area contributed by atoms with Crippen molar-refractivity contribution in [2.24, 2.45) is 0 Å². The Morgan fingerprint density at radius 1 is 0.977 bits per heavy atom. The minimum Gasteiger partial charge on any atom is -0.487 e. The smallest absolute Gasteiger partial charge is 0.345 e. The van der Waals surface area contributed by atoms with Crippen LogP contribution in [0.1, 0.15) is 36.8 Å². The molecule has 4 aromatic rings. The monoisotopic (exact) mass is 597 g/mol. The molecule has 1 unspecified atom stereocenters. The van der Waals surface area contributed by atoms with Crippen molar-refractivity contribution < 1.29 is 23.7 Å². The molecule has 0 N–H and O–H groups in total. The number of esters is 1. The highest BCUT2D eigenvalue weighted by Gasteiger charge is 2.24. The number of aryl methyl sites for hydroxylation is 1. The van der Waals surface area contributed by atoms with E-state index in [1.54, 1.807) is 36.5 Å². The molecule has 0 spiro atoms. The number of benzene rings is 2. The number of carbonyl (C=O) groups excluding carboxylic acids is 1. The maximum absolute atomic E-state index is 13.9. The van der Waals surface area contributed by atoms with E-state index in [9.17, 15) is 4.79 Å². The molecule has 1 atom stereocenters. The molecular formula is C36H43N3O5. The molecule has 0 aliphatic heterocycles. The Hall–Kier alpha value is -4.40. The maximum atomic E-state index is 13.9. The van der Waals surface area contributed by atoms with Crippen molar-refractivity contribution in [3.05, 3.63) is 97.4 Å². The van der Waals surface area contributed by atoms with Gasteiger partial charge in [-0.1, -0.05) is 30.4 Å². The maximum Gasteiger partial charge on any atom is 0.345 e. The first-order valence-electron chi connectivity index (χ1n) is 15.1. The van der Waals surface area contributed by atoms with Crippen molar-refractivity contribution >= 4 is 22.6 Å². The molecule has 8 nitrogen and oxygen atoms in total. The van der Waals surface area contributed by atoms with Crippen LogP contribution in [0, 0.1) is 6.92 Å². The van der Waals surface area contributed by atoms with Crippen LogP contribution in [0.3, 0.4) is 0 Å². The van der Waals surface area contributed by atoms with Crippen molar-refractivity contribution in [3.8, 4) is 22.8 Å². The van der Waals surface area contributed by atoms with E-state index in [0.29, 0.717) is 42.6 Å². The van der Waals surface area contributed by atoms with Gasteiger partial charge in [0.25, 0.3) is 0 Å². The Balaban J connectivity index is 1.68. The average Bonchev–Trinajstić information content (AvgIpc) is 3.34. The first kappa shape index (κ1) is 32.5. The normalized spacial score (nSPS) is 11.7. The number of para-hydroxylation sites is 1. The molecule has 2 heterocycles. The molecule has 0 fully saturated rings. The Morgan fingerprint density at radius 2 is 1.75 bits per heavy atom. The van der Waals surface area contributed by atoms with Gasteiger partial charge in [-0.25, -0.2) is 4.79 Å². The summed E-state index contributed by atoms with van der Waals surface area (Å²) < 4.78 is 26.0. The van der Waals surface area contributed by atoms with E-state index in [-0.39, 0.29) is 12.7 Å². The van der Waals surface area contributed by atoms with Crippen molar-refractivity contribution in [1.82, 2.24) is 9.55 Å². The summed E-state index contributed by atoms with van der Waals surface area (Å²) in [4.78, 5) is 20.7. The molecule has 232 valence electrons. The zero-order valence-corrected chi connectivity index (χ0v) is 26.3. The third kappa shape index (κ3) is 7.38. The zero-order chi connectivity index (χ0) is 31.5. The van der Waals surface area contributed by atoms with E-state index in [4.69, 9.17) is 18.9 Å². The quantitative estimate of drug-likeness (QED) is 0.0549. The van der Waals surface area contributed by atoms with Gasteiger partial charge in [-0.2, -0.15) is 0 Å². The molecule has 0 bridgehead atoms. The molecule has 2 aromatic carbocycles. The van der Waals surface area contributed by atoms with Crippen molar-refractivity contribution in [2.45, 2.75) is 40.3 Å². The van der Waals surface area contributed by atoms with Gasteiger partial charge in [-0.15, -0.1) is 13.2 Å². The lowest BCUT2D eigenvalue weighted by Gasteiger charge is -2.23. The number of ether oxygens (including phenoxy) is 4. The van der Waals surface area contributed by atoms with Crippen LogP contribution in [0.4, 0.5) is 5.69 Å². The van der Waals surface area contributed by atoms with Crippen molar-refractivity contribution in [1.29, 1.82) is 0 Å². The number of aromatic nitrogens is 2. The molecular weight excluding hydrogens is 554 g/mol. The topological polar surface area (TPSA) is 75.0 Å². The highest BCUT2D eigenvalue weighted by atomic mass is 16.6. The summed E-state index contributed by atoms with van der Waals surface area (Å²) in [5.74, 6) is 0.223. The lowest BCUT2D eigenvalue weighted by atomic mass is 10.0. The molecule has 0 radical (unpaired) electrons. The molecule has 0 saturated heterocycles. The summed E-state index contributed by atoms with van der Waals surface area (Å²) in [5.41, 5.74) is 4.97. The lowest BCUT2D eigenvalue weighted by Crippen LogP contribution is -2.28. The van der Waals surface area contributed by atoms with Crippen LogP contribution in [0.25, 0.3) is 22.2 Å². The Kier molecular flexibility index (Phi) is 11.7.